The third-order valence-corrected chi connectivity index (χ3v) is 4.87. The lowest BCUT2D eigenvalue weighted by atomic mass is 10.1. The van der Waals surface area contributed by atoms with Crippen LogP contribution in [0.4, 0.5) is 0 Å². The van der Waals surface area contributed by atoms with Crippen molar-refractivity contribution in [3.05, 3.63) is 46.7 Å². The highest BCUT2D eigenvalue weighted by Gasteiger charge is 2.23. The molecule has 0 unspecified atom stereocenters. The number of furan rings is 1. The average molecular weight is 389 g/mol. The van der Waals surface area contributed by atoms with Gasteiger partial charge in [0.05, 0.1) is 29.9 Å². The van der Waals surface area contributed by atoms with Crippen LogP contribution in [0.3, 0.4) is 0 Å². The number of Topliss-reactive ketones (excluding diaryl/α,β-unsaturated/α-hetero) is 1. The molecular weight excluding hydrogens is 370 g/mol. The molecule has 0 saturated heterocycles. The topological polar surface area (TPSA) is 116 Å². The van der Waals surface area contributed by atoms with Gasteiger partial charge in [-0.1, -0.05) is 11.8 Å². The third kappa shape index (κ3) is 4.11. The molecule has 3 rings (SSSR count). The van der Waals surface area contributed by atoms with E-state index in [1.807, 2.05) is 6.07 Å². The summed E-state index contributed by atoms with van der Waals surface area (Å²) in [6.07, 6.45) is 1.58. The van der Waals surface area contributed by atoms with Crippen LogP contribution in [0.25, 0.3) is 0 Å². The number of esters is 1. The summed E-state index contributed by atoms with van der Waals surface area (Å²) in [5.41, 5.74) is 2.01. The second-order valence-corrected chi connectivity index (χ2v) is 6.70. The zero-order chi connectivity index (χ0) is 19.4. The van der Waals surface area contributed by atoms with E-state index in [4.69, 9.17) is 9.15 Å². The second-order valence-electron chi connectivity index (χ2n) is 5.76. The number of tetrazole rings is 1. The van der Waals surface area contributed by atoms with E-state index >= 15 is 0 Å². The monoisotopic (exact) mass is 389 g/mol. The summed E-state index contributed by atoms with van der Waals surface area (Å²) >= 11 is 1.22. The minimum atomic E-state index is -0.433. The van der Waals surface area contributed by atoms with Gasteiger partial charge in [0.25, 0.3) is 0 Å². The average Bonchev–Trinajstić information content (AvgIpc) is 3.35. The fourth-order valence-electron chi connectivity index (χ4n) is 2.69. The van der Waals surface area contributed by atoms with E-state index in [1.54, 1.807) is 37.8 Å². The van der Waals surface area contributed by atoms with Crippen molar-refractivity contribution in [2.75, 3.05) is 12.4 Å². The molecule has 0 aliphatic heterocycles. The van der Waals surface area contributed by atoms with Crippen molar-refractivity contribution in [1.82, 2.24) is 25.2 Å². The number of H-pyrrole nitrogens is 1. The Labute approximate surface area is 159 Å². The summed E-state index contributed by atoms with van der Waals surface area (Å²) in [4.78, 5) is 27.7. The molecule has 0 radical (unpaired) electrons. The molecule has 10 heteroatoms. The number of ether oxygens (including phenoxy) is 1. The number of thioether (sulfide) groups is 1. The van der Waals surface area contributed by atoms with Crippen molar-refractivity contribution in [1.29, 1.82) is 0 Å². The van der Waals surface area contributed by atoms with Gasteiger partial charge < -0.3 is 14.1 Å². The predicted octanol–water partition coefficient (Wildman–Crippen LogP) is 2.41. The van der Waals surface area contributed by atoms with Crippen LogP contribution >= 0.6 is 11.8 Å². The van der Waals surface area contributed by atoms with Gasteiger partial charge in [0.15, 0.2) is 5.78 Å². The maximum absolute atomic E-state index is 12.6. The van der Waals surface area contributed by atoms with Gasteiger partial charge in [-0.05, 0) is 48.9 Å². The van der Waals surface area contributed by atoms with Gasteiger partial charge in [-0.2, -0.15) is 0 Å². The normalized spacial score (nSPS) is 10.9. The van der Waals surface area contributed by atoms with Gasteiger partial charge in [-0.25, -0.2) is 9.48 Å². The van der Waals surface area contributed by atoms with Crippen molar-refractivity contribution in [3.8, 4) is 0 Å². The van der Waals surface area contributed by atoms with Crippen LogP contribution in [0.15, 0.2) is 28.0 Å². The van der Waals surface area contributed by atoms with E-state index in [0.717, 1.165) is 0 Å². The summed E-state index contributed by atoms with van der Waals surface area (Å²) in [5, 5.41) is 12.0. The zero-order valence-electron chi connectivity index (χ0n) is 15.2. The zero-order valence-corrected chi connectivity index (χ0v) is 16.0. The highest BCUT2D eigenvalue weighted by Crippen LogP contribution is 2.22. The molecule has 0 aliphatic rings. The van der Waals surface area contributed by atoms with Crippen LogP contribution in [0.5, 0.6) is 0 Å². The van der Waals surface area contributed by atoms with Crippen molar-refractivity contribution in [2.45, 2.75) is 32.5 Å². The SMILES string of the molecule is CCOC(=O)c1c(C)[nH]c(C(=O)CSc2nnnn2Cc2ccco2)c1C. The first kappa shape index (κ1) is 18.9. The summed E-state index contributed by atoms with van der Waals surface area (Å²) < 4.78 is 11.9. The van der Waals surface area contributed by atoms with Gasteiger partial charge in [-0.3, -0.25) is 4.79 Å². The lowest BCUT2D eigenvalue weighted by Crippen LogP contribution is -2.09. The molecular formula is C17H19N5O4S. The van der Waals surface area contributed by atoms with Crippen LogP contribution in [-0.4, -0.2) is 49.3 Å². The molecule has 0 aromatic carbocycles. The van der Waals surface area contributed by atoms with Gasteiger partial charge in [0.1, 0.15) is 12.3 Å². The minimum Gasteiger partial charge on any atom is -0.467 e. The number of ketones is 1. The Hall–Kier alpha value is -2.88. The van der Waals surface area contributed by atoms with Crippen LogP contribution < -0.4 is 0 Å². The fourth-order valence-corrected chi connectivity index (χ4v) is 3.44. The maximum Gasteiger partial charge on any atom is 0.340 e. The lowest BCUT2D eigenvalue weighted by Gasteiger charge is -2.03. The van der Waals surface area contributed by atoms with Crippen molar-refractivity contribution < 1.29 is 18.7 Å². The Morgan fingerprint density at radius 3 is 2.89 bits per heavy atom. The number of carbonyl (C=O) groups excluding carboxylic acids is 2. The molecule has 3 heterocycles. The number of rotatable bonds is 8. The van der Waals surface area contributed by atoms with Gasteiger partial charge >= 0.3 is 5.97 Å². The number of hydrogen-bond donors (Lipinski definition) is 1. The number of carbonyl (C=O) groups is 2. The Bertz CT molecular complexity index is 945. The molecule has 142 valence electrons. The molecule has 0 aliphatic carbocycles. The van der Waals surface area contributed by atoms with Gasteiger partial charge in [-0.15, -0.1) is 5.10 Å². The molecule has 0 bridgehead atoms. The van der Waals surface area contributed by atoms with Crippen LogP contribution in [0.2, 0.25) is 0 Å². The van der Waals surface area contributed by atoms with Crippen LogP contribution in [0.1, 0.15) is 44.8 Å². The van der Waals surface area contributed by atoms with Crippen molar-refractivity contribution >= 4 is 23.5 Å². The number of aromatic nitrogens is 5. The van der Waals surface area contributed by atoms with Crippen molar-refractivity contribution in [2.24, 2.45) is 0 Å². The van der Waals surface area contributed by atoms with E-state index < -0.39 is 5.97 Å². The number of aryl methyl sites for hydroxylation is 1. The lowest BCUT2D eigenvalue weighted by molar-refractivity contribution is 0.0525. The van der Waals surface area contributed by atoms with Gasteiger partial charge in [0, 0.05) is 5.69 Å². The minimum absolute atomic E-state index is 0.127. The second kappa shape index (κ2) is 8.21. The Morgan fingerprint density at radius 1 is 1.37 bits per heavy atom. The van der Waals surface area contributed by atoms with Crippen molar-refractivity contribution in [3.63, 3.8) is 0 Å². The molecule has 1 N–H and O–H groups in total. The van der Waals surface area contributed by atoms with E-state index in [1.165, 1.54) is 11.8 Å². The highest BCUT2D eigenvalue weighted by molar-refractivity contribution is 7.99. The number of nitrogens with one attached hydrogen (secondary N) is 1. The summed E-state index contributed by atoms with van der Waals surface area (Å²) in [5.74, 6) is 0.258. The largest absolute Gasteiger partial charge is 0.467 e. The van der Waals surface area contributed by atoms with Gasteiger partial charge in [0.2, 0.25) is 5.16 Å². The predicted molar refractivity (Wildman–Crippen MR) is 96.9 cm³/mol. The third-order valence-electron chi connectivity index (χ3n) is 3.91. The quantitative estimate of drug-likeness (QED) is 0.355. The molecule has 0 spiro atoms. The summed E-state index contributed by atoms with van der Waals surface area (Å²) in [6.45, 7) is 5.87. The Balaban J connectivity index is 1.70. The maximum atomic E-state index is 12.6. The van der Waals surface area contributed by atoms with Crippen LogP contribution in [-0.2, 0) is 11.3 Å². The first-order valence-electron chi connectivity index (χ1n) is 8.32. The standard InChI is InChI=1S/C17H19N5O4S/c1-4-25-16(24)14-10(2)15(18-11(14)3)13(23)9-27-17-19-20-21-22(17)8-12-6-5-7-26-12/h5-7,18H,4,8-9H2,1-3H3. The number of hydrogen-bond acceptors (Lipinski definition) is 8. The van der Waals surface area contributed by atoms with Crippen LogP contribution in [0, 0.1) is 13.8 Å². The molecule has 0 saturated carbocycles. The molecule has 0 fully saturated rings. The van der Waals surface area contributed by atoms with E-state index in [0.29, 0.717) is 40.0 Å². The Kier molecular flexibility index (Phi) is 5.75. The Morgan fingerprint density at radius 2 is 2.19 bits per heavy atom. The van der Waals surface area contributed by atoms with E-state index in [9.17, 15) is 9.59 Å². The number of nitrogens with zero attached hydrogens (tertiary/aromatic N) is 4. The highest BCUT2D eigenvalue weighted by atomic mass is 32.2. The van der Waals surface area contributed by atoms with E-state index in [-0.39, 0.29) is 18.1 Å². The molecule has 27 heavy (non-hydrogen) atoms. The summed E-state index contributed by atoms with van der Waals surface area (Å²) in [6, 6.07) is 3.61. The molecule has 0 atom stereocenters. The fraction of sp³-hybridized carbons (Fsp3) is 0.353. The van der Waals surface area contributed by atoms with E-state index in [2.05, 4.69) is 20.5 Å². The number of aromatic amines is 1. The molecule has 0 amide bonds. The first-order valence-corrected chi connectivity index (χ1v) is 9.30. The molecule has 3 aromatic heterocycles. The summed E-state index contributed by atoms with van der Waals surface area (Å²) in [7, 11) is 0. The first-order chi connectivity index (χ1) is 13.0. The molecule has 3 aromatic rings. The molecule has 9 nitrogen and oxygen atoms in total. The smallest absolute Gasteiger partial charge is 0.340 e.